The van der Waals surface area contributed by atoms with Crippen LogP contribution in [0.3, 0.4) is 0 Å². The van der Waals surface area contributed by atoms with Crippen molar-refractivity contribution in [3.63, 3.8) is 0 Å². The van der Waals surface area contributed by atoms with E-state index in [-0.39, 0.29) is 23.9 Å². The molecule has 4 rings (SSSR count). The molecular formula is C31H29N3O4. The van der Waals surface area contributed by atoms with Gasteiger partial charge in [0.1, 0.15) is 6.04 Å². The Balaban J connectivity index is 1.65. The maximum atomic E-state index is 13.8. The summed E-state index contributed by atoms with van der Waals surface area (Å²) in [5.74, 6) is -1.30. The van der Waals surface area contributed by atoms with Crippen LogP contribution in [0.2, 0.25) is 0 Å². The number of hydrogen-bond donors (Lipinski definition) is 2. The maximum Gasteiger partial charge on any atom is 0.269 e. The molecule has 0 aliphatic heterocycles. The Hall–Kier alpha value is -4.78. The van der Waals surface area contributed by atoms with Crippen molar-refractivity contribution in [1.29, 1.82) is 0 Å². The van der Waals surface area contributed by atoms with E-state index in [1.54, 1.807) is 12.1 Å². The lowest BCUT2D eigenvalue weighted by Gasteiger charge is -2.24. The molecule has 4 aromatic carbocycles. The predicted molar refractivity (Wildman–Crippen MR) is 148 cm³/mol. The third-order valence-corrected chi connectivity index (χ3v) is 6.40. The van der Waals surface area contributed by atoms with Gasteiger partial charge in [-0.1, -0.05) is 84.9 Å². The van der Waals surface area contributed by atoms with Gasteiger partial charge in [-0.2, -0.15) is 0 Å². The normalized spacial score (nSPS) is 11.6. The average Bonchev–Trinajstić information content (AvgIpc) is 2.92. The summed E-state index contributed by atoms with van der Waals surface area (Å²) in [5.41, 5.74) is 4.82. The molecule has 1 atom stereocenters. The van der Waals surface area contributed by atoms with Crippen molar-refractivity contribution in [3.8, 4) is 0 Å². The Kier molecular flexibility index (Phi) is 8.28. The van der Waals surface area contributed by atoms with Crippen LogP contribution < -0.4 is 10.6 Å². The lowest BCUT2D eigenvalue weighted by atomic mass is 9.90. The number of anilines is 1. The molecule has 0 heterocycles. The molecule has 0 aliphatic rings. The van der Waals surface area contributed by atoms with Crippen LogP contribution in [0.5, 0.6) is 0 Å². The highest BCUT2D eigenvalue weighted by Gasteiger charge is 2.28. The minimum atomic E-state index is -0.918. The first-order valence-corrected chi connectivity index (χ1v) is 12.3. The monoisotopic (exact) mass is 507 g/mol. The minimum absolute atomic E-state index is 0.0395. The van der Waals surface area contributed by atoms with Gasteiger partial charge < -0.3 is 10.6 Å². The van der Waals surface area contributed by atoms with E-state index in [1.165, 1.54) is 12.1 Å². The van der Waals surface area contributed by atoms with E-state index in [4.69, 9.17) is 0 Å². The molecule has 0 fully saturated rings. The SMILES string of the molecule is Cc1ccc(C)c(NC(=O)[C@H](Cc2ccc([N+](=O)[O-])cc2)NC(=O)C(c2ccccc2)c2ccccc2)c1. The molecule has 7 heteroatoms. The molecule has 0 aliphatic carbocycles. The zero-order valence-corrected chi connectivity index (χ0v) is 21.3. The molecule has 0 spiro atoms. The number of hydrogen-bond acceptors (Lipinski definition) is 4. The van der Waals surface area contributed by atoms with Crippen LogP contribution in [-0.4, -0.2) is 22.8 Å². The largest absolute Gasteiger partial charge is 0.343 e. The van der Waals surface area contributed by atoms with Crippen molar-refractivity contribution in [2.45, 2.75) is 32.2 Å². The Morgan fingerprint density at radius 2 is 1.37 bits per heavy atom. The van der Waals surface area contributed by atoms with Gasteiger partial charge in [-0.05, 0) is 47.7 Å². The Bertz CT molecular complexity index is 1380. The van der Waals surface area contributed by atoms with Gasteiger partial charge >= 0.3 is 0 Å². The molecule has 0 unspecified atom stereocenters. The molecule has 0 saturated carbocycles. The quantitative estimate of drug-likeness (QED) is 0.224. The van der Waals surface area contributed by atoms with E-state index >= 15 is 0 Å². The first kappa shape index (κ1) is 26.3. The summed E-state index contributed by atoms with van der Waals surface area (Å²) < 4.78 is 0. The molecule has 0 saturated heterocycles. The third-order valence-electron chi connectivity index (χ3n) is 6.40. The summed E-state index contributed by atoms with van der Waals surface area (Å²) >= 11 is 0. The number of carbonyl (C=O) groups excluding carboxylic acids is 2. The second kappa shape index (κ2) is 12.0. The van der Waals surface area contributed by atoms with Crippen LogP contribution in [0.25, 0.3) is 0 Å². The molecule has 38 heavy (non-hydrogen) atoms. The number of nitrogens with one attached hydrogen (secondary N) is 2. The van der Waals surface area contributed by atoms with Gasteiger partial charge in [0, 0.05) is 24.2 Å². The topological polar surface area (TPSA) is 101 Å². The predicted octanol–water partition coefficient (Wildman–Crippen LogP) is 5.71. The van der Waals surface area contributed by atoms with Gasteiger partial charge in [-0.25, -0.2) is 0 Å². The molecule has 0 bridgehead atoms. The van der Waals surface area contributed by atoms with Crippen molar-refractivity contribution in [2.24, 2.45) is 0 Å². The highest BCUT2D eigenvalue weighted by molar-refractivity contribution is 5.99. The molecule has 192 valence electrons. The first-order chi connectivity index (χ1) is 18.3. The number of aryl methyl sites for hydroxylation is 2. The zero-order chi connectivity index (χ0) is 27.1. The molecule has 2 amide bonds. The number of nitrogens with zero attached hydrogens (tertiary/aromatic N) is 1. The summed E-state index contributed by atoms with van der Waals surface area (Å²) in [5, 5.41) is 17.0. The summed E-state index contributed by atoms with van der Waals surface area (Å²) in [6.45, 7) is 3.84. The second-order valence-electron chi connectivity index (χ2n) is 9.25. The van der Waals surface area contributed by atoms with Crippen molar-refractivity contribution in [2.75, 3.05) is 5.32 Å². The average molecular weight is 508 g/mol. The number of amides is 2. The Morgan fingerprint density at radius 1 is 0.789 bits per heavy atom. The first-order valence-electron chi connectivity index (χ1n) is 12.3. The zero-order valence-electron chi connectivity index (χ0n) is 21.3. The number of rotatable bonds is 9. The van der Waals surface area contributed by atoms with Crippen molar-refractivity contribution >= 4 is 23.2 Å². The Labute approximate surface area is 221 Å². The van der Waals surface area contributed by atoms with E-state index < -0.39 is 16.9 Å². The van der Waals surface area contributed by atoms with Crippen molar-refractivity contribution in [1.82, 2.24) is 5.32 Å². The summed E-state index contributed by atoms with van der Waals surface area (Å²) in [4.78, 5) is 37.9. The second-order valence-corrected chi connectivity index (χ2v) is 9.25. The van der Waals surface area contributed by atoms with E-state index in [2.05, 4.69) is 10.6 Å². The number of nitro groups is 1. The van der Waals surface area contributed by atoms with Gasteiger partial charge in [0.25, 0.3) is 5.69 Å². The number of benzene rings is 4. The molecule has 0 aromatic heterocycles. The Morgan fingerprint density at radius 3 is 1.92 bits per heavy atom. The number of non-ortho nitro benzene ring substituents is 1. The fraction of sp³-hybridized carbons (Fsp3) is 0.161. The fourth-order valence-electron chi connectivity index (χ4n) is 4.33. The maximum absolute atomic E-state index is 13.8. The van der Waals surface area contributed by atoms with Gasteiger partial charge in [0.05, 0.1) is 10.8 Å². The lowest BCUT2D eigenvalue weighted by Crippen LogP contribution is -2.47. The highest BCUT2D eigenvalue weighted by Crippen LogP contribution is 2.25. The van der Waals surface area contributed by atoms with Crippen molar-refractivity contribution in [3.05, 3.63) is 141 Å². The van der Waals surface area contributed by atoms with E-state index in [9.17, 15) is 19.7 Å². The van der Waals surface area contributed by atoms with Crippen LogP contribution in [0, 0.1) is 24.0 Å². The molecule has 7 nitrogen and oxygen atoms in total. The van der Waals surface area contributed by atoms with Gasteiger partial charge in [-0.15, -0.1) is 0 Å². The fourth-order valence-corrected chi connectivity index (χ4v) is 4.33. The van der Waals surface area contributed by atoms with Crippen molar-refractivity contribution < 1.29 is 14.5 Å². The van der Waals surface area contributed by atoms with Crippen LogP contribution in [0.15, 0.2) is 103 Å². The standard InChI is InChI=1S/C31H29N3O4/c1-21-13-14-22(2)27(19-21)32-30(35)28(20-23-15-17-26(18-16-23)34(37)38)33-31(36)29(24-9-5-3-6-10-24)25-11-7-4-8-12-25/h3-19,28-29H,20H2,1-2H3,(H,32,35)(H,33,36)/t28-/m0/s1. The van der Waals surface area contributed by atoms with E-state index in [1.807, 2.05) is 92.7 Å². The summed E-state index contributed by atoms with van der Waals surface area (Å²) in [6, 6.07) is 29.7. The highest BCUT2D eigenvalue weighted by atomic mass is 16.6. The van der Waals surface area contributed by atoms with Crippen LogP contribution in [0.1, 0.15) is 33.7 Å². The van der Waals surface area contributed by atoms with Crippen LogP contribution in [0.4, 0.5) is 11.4 Å². The number of nitro benzene ring substituents is 1. The van der Waals surface area contributed by atoms with Gasteiger partial charge in [0.15, 0.2) is 0 Å². The summed E-state index contributed by atoms with van der Waals surface area (Å²) in [7, 11) is 0. The minimum Gasteiger partial charge on any atom is -0.343 e. The van der Waals surface area contributed by atoms with Crippen LogP contribution >= 0.6 is 0 Å². The molecule has 0 radical (unpaired) electrons. The lowest BCUT2D eigenvalue weighted by molar-refractivity contribution is -0.384. The smallest absolute Gasteiger partial charge is 0.269 e. The van der Waals surface area contributed by atoms with E-state index in [0.717, 1.165) is 22.3 Å². The third kappa shape index (κ3) is 6.50. The number of carbonyl (C=O) groups is 2. The van der Waals surface area contributed by atoms with Gasteiger partial charge in [-0.3, -0.25) is 19.7 Å². The molecular weight excluding hydrogens is 478 g/mol. The van der Waals surface area contributed by atoms with Crippen LogP contribution in [-0.2, 0) is 16.0 Å². The van der Waals surface area contributed by atoms with E-state index in [0.29, 0.717) is 11.3 Å². The molecule has 4 aromatic rings. The van der Waals surface area contributed by atoms with Gasteiger partial charge in [0.2, 0.25) is 11.8 Å². The summed E-state index contributed by atoms with van der Waals surface area (Å²) in [6.07, 6.45) is 0.163. The molecule has 2 N–H and O–H groups in total.